The first-order chi connectivity index (χ1) is 13.7. The fourth-order valence-corrected chi connectivity index (χ4v) is 1.37. The first-order valence-corrected chi connectivity index (χ1v) is 8.01. The smallest absolute Gasteiger partial charge is 0.414 e. The van der Waals surface area contributed by atoms with Crippen LogP contribution in [0.5, 0.6) is 0 Å². The van der Waals surface area contributed by atoms with Crippen molar-refractivity contribution in [3.8, 4) is 0 Å². The molecule has 2 aromatic heterocycles. The second kappa shape index (κ2) is 11.6. The molecule has 166 valence electrons. The van der Waals surface area contributed by atoms with Gasteiger partial charge in [-0.05, 0) is 0 Å². The molecule has 16 nitrogen and oxygen atoms in total. The van der Waals surface area contributed by atoms with Crippen molar-refractivity contribution in [2.75, 3.05) is 74.2 Å². The Balaban J connectivity index is 0.000000475. The van der Waals surface area contributed by atoms with Gasteiger partial charge in [0.05, 0.1) is 0 Å². The van der Waals surface area contributed by atoms with E-state index in [1.807, 2.05) is 57.0 Å². The van der Waals surface area contributed by atoms with Gasteiger partial charge in [-0.25, -0.2) is 9.59 Å². The Labute approximate surface area is 172 Å². The first-order valence-electron chi connectivity index (χ1n) is 8.01. The predicted molar refractivity (Wildman–Crippen MR) is 111 cm³/mol. The number of carboxylic acids is 2. The van der Waals surface area contributed by atoms with Gasteiger partial charge in [0.25, 0.3) is 0 Å². The van der Waals surface area contributed by atoms with E-state index < -0.39 is 11.9 Å². The average molecular weight is 426 g/mol. The Kier molecular flexibility index (Phi) is 9.93. The Morgan fingerprint density at radius 1 is 0.567 bits per heavy atom. The molecule has 30 heavy (non-hydrogen) atoms. The van der Waals surface area contributed by atoms with Gasteiger partial charge in [-0.3, -0.25) is 0 Å². The summed E-state index contributed by atoms with van der Waals surface area (Å²) in [6.07, 6.45) is 0. The number of carbonyl (C=O) groups is 2. The zero-order valence-corrected chi connectivity index (χ0v) is 17.5. The van der Waals surface area contributed by atoms with Crippen molar-refractivity contribution in [1.29, 1.82) is 0 Å². The predicted octanol–water partition coefficient (Wildman–Crippen LogP) is -2.16. The van der Waals surface area contributed by atoms with E-state index in [-0.39, 0.29) is 17.8 Å². The molecule has 0 saturated heterocycles. The van der Waals surface area contributed by atoms with Crippen LogP contribution in [0.25, 0.3) is 0 Å². The van der Waals surface area contributed by atoms with Gasteiger partial charge < -0.3 is 42.1 Å². The Hall–Kier alpha value is -4.24. The number of carboxylic acid groups (broad SMARTS) is 2. The van der Waals surface area contributed by atoms with Gasteiger partial charge in [-0.15, -0.1) is 0 Å². The van der Waals surface area contributed by atoms with E-state index in [1.165, 1.54) is 0 Å². The number of rotatable bonds is 3. The van der Waals surface area contributed by atoms with E-state index in [2.05, 4.69) is 29.9 Å². The maximum Gasteiger partial charge on any atom is 0.414 e. The van der Waals surface area contributed by atoms with E-state index in [4.69, 9.17) is 37.0 Å². The Bertz CT molecular complexity index is 732. The monoisotopic (exact) mass is 426 g/mol. The third kappa shape index (κ3) is 9.62. The minimum atomic E-state index is -1.82. The van der Waals surface area contributed by atoms with Gasteiger partial charge in [-0.1, -0.05) is 0 Å². The summed E-state index contributed by atoms with van der Waals surface area (Å²) in [4.78, 5) is 47.2. The third-order valence-electron chi connectivity index (χ3n) is 2.67. The summed E-state index contributed by atoms with van der Waals surface area (Å²) in [5.74, 6) is -1.53. The largest absolute Gasteiger partial charge is 0.473 e. The fourth-order valence-electron chi connectivity index (χ4n) is 1.37. The van der Waals surface area contributed by atoms with Crippen molar-refractivity contribution >= 4 is 47.6 Å². The van der Waals surface area contributed by atoms with Crippen LogP contribution >= 0.6 is 0 Å². The highest BCUT2D eigenvalue weighted by Crippen LogP contribution is 2.14. The van der Waals surface area contributed by atoms with Gasteiger partial charge in [0, 0.05) is 42.3 Å². The highest BCUT2D eigenvalue weighted by Gasteiger charge is 2.10. The van der Waals surface area contributed by atoms with Crippen molar-refractivity contribution in [2.45, 2.75) is 0 Å². The molecule has 0 aliphatic heterocycles. The molecular weight excluding hydrogens is 400 g/mol. The molecule has 0 aliphatic rings. The lowest BCUT2D eigenvalue weighted by molar-refractivity contribution is -0.159. The molecule has 8 N–H and O–H groups in total. The summed E-state index contributed by atoms with van der Waals surface area (Å²) in [7, 11) is 11.5. The molecule has 0 fully saturated rings. The lowest BCUT2D eigenvalue weighted by atomic mass is 10.7. The van der Waals surface area contributed by atoms with Gasteiger partial charge in [0.1, 0.15) is 0 Å². The minimum Gasteiger partial charge on any atom is -0.473 e. The lowest BCUT2D eigenvalue weighted by Gasteiger charge is -2.18. The van der Waals surface area contributed by atoms with Crippen LogP contribution in [0, 0.1) is 0 Å². The molecule has 0 saturated carbocycles. The molecule has 16 heteroatoms. The molecule has 0 atom stereocenters. The molecule has 0 bridgehead atoms. The van der Waals surface area contributed by atoms with Gasteiger partial charge >= 0.3 is 11.9 Å². The third-order valence-corrected chi connectivity index (χ3v) is 2.67. The number of anilines is 6. The van der Waals surface area contributed by atoms with Crippen molar-refractivity contribution in [1.82, 2.24) is 29.9 Å². The molecule has 0 spiro atoms. The zero-order valence-electron chi connectivity index (χ0n) is 17.5. The molecule has 2 aromatic rings. The number of aliphatic carboxylic acids is 2. The number of nitrogens with two attached hydrogens (primary N) is 3. The highest BCUT2D eigenvalue weighted by molar-refractivity contribution is 6.27. The van der Waals surface area contributed by atoms with Crippen LogP contribution in [-0.4, -0.2) is 94.3 Å². The van der Waals surface area contributed by atoms with Crippen molar-refractivity contribution in [2.24, 2.45) is 0 Å². The Morgan fingerprint density at radius 2 is 0.767 bits per heavy atom. The molecule has 2 rings (SSSR count). The molecule has 0 aromatic carbocycles. The summed E-state index contributed by atoms with van der Waals surface area (Å²) in [6.45, 7) is 0. The van der Waals surface area contributed by atoms with Crippen LogP contribution in [0.2, 0.25) is 0 Å². The number of aromatic nitrogens is 6. The lowest BCUT2D eigenvalue weighted by Crippen LogP contribution is -2.22. The molecule has 0 aliphatic carbocycles. The summed E-state index contributed by atoms with van der Waals surface area (Å²) < 4.78 is 0. The summed E-state index contributed by atoms with van der Waals surface area (Å²) in [6, 6.07) is 0. The SMILES string of the molecule is CN(C)c1nc(N(C)C)nc(N(C)C)n1.Nc1nc(N)nc(N)n1.O=C(O)C(=O)O. The number of hydrogen-bond donors (Lipinski definition) is 5. The van der Waals surface area contributed by atoms with E-state index in [1.54, 1.807) is 0 Å². The van der Waals surface area contributed by atoms with E-state index in [0.29, 0.717) is 17.8 Å². The number of nitrogen functional groups attached to an aromatic ring is 3. The standard InChI is InChI=1S/C9H18N6.C3H6N6.C2H2O4/c1-13(2)7-10-8(14(3)4)12-9(11-7)15(5)6;4-1-7-2(5)9-3(6)8-1;3-1(4)2(5)6/h1-6H3;(H6,4,5,6,7,8,9);(H,3,4)(H,5,6). The van der Waals surface area contributed by atoms with Crippen molar-refractivity contribution in [3.05, 3.63) is 0 Å². The molecule has 0 radical (unpaired) electrons. The molecule has 2 heterocycles. The zero-order chi connectivity index (χ0) is 23.6. The molecular formula is C14H26N12O4. The van der Waals surface area contributed by atoms with Crippen LogP contribution in [0.4, 0.5) is 35.7 Å². The topological polar surface area (TPSA) is 240 Å². The van der Waals surface area contributed by atoms with Crippen LogP contribution in [-0.2, 0) is 9.59 Å². The van der Waals surface area contributed by atoms with Crippen LogP contribution < -0.4 is 31.9 Å². The maximum atomic E-state index is 9.10. The minimum absolute atomic E-state index is 0.0417. The highest BCUT2D eigenvalue weighted by atomic mass is 16.4. The summed E-state index contributed by atoms with van der Waals surface area (Å²) in [5.41, 5.74) is 15.4. The van der Waals surface area contributed by atoms with E-state index in [0.717, 1.165) is 0 Å². The van der Waals surface area contributed by atoms with Gasteiger partial charge in [0.2, 0.25) is 35.7 Å². The second-order valence-electron chi connectivity index (χ2n) is 5.94. The van der Waals surface area contributed by atoms with Crippen LogP contribution in [0.3, 0.4) is 0 Å². The fraction of sp³-hybridized carbons (Fsp3) is 0.429. The molecule has 0 amide bonds. The summed E-state index contributed by atoms with van der Waals surface area (Å²) >= 11 is 0. The van der Waals surface area contributed by atoms with Gasteiger partial charge in [0.15, 0.2) is 0 Å². The summed E-state index contributed by atoms with van der Waals surface area (Å²) in [5, 5.41) is 14.8. The average Bonchev–Trinajstić information content (AvgIpc) is 2.60. The quantitative estimate of drug-likeness (QED) is 0.328. The van der Waals surface area contributed by atoms with Crippen LogP contribution in [0.15, 0.2) is 0 Å². The Morgan fingerprint density at radius 3 is 0.900 bits per heavy atom. The normalized spacial score (nSPS) is 9.27. The maximum absolute atomic E-state index is 9.10. The number of hydrogen-bond acceptors (Lipinski definition) is 14. The number of nitrogens with zero attached hydrogens (tertiary/aromatic N) is 9. The van der Waals surface area contributed by atoms with E-state index in [9.17, 15) is 0 Å². The van der Waals surface area contributed by atoms with Gasteiger partial charge in [-0.2, -0.15) is 29.9 Å². The first kappa shape index (κ1) is 25.8. The van der Waals surface area contributed by atoms with Crippen molar-refractivity contribution < 1.29 is 19.8 Å². The molecule has 0 unspecified atom stereocenters. The van der Waals surface area contributed by atoms with Crippen molar-refractivity contribution in [3.63, 3.8) is 0 Å². The second-order valence-corrected chi connectivity index (χ2v) is 5.94. The van der Waals surface area contributed by atoms with E-state index >= 15 is 0 Å². The van der Waals surface area contributed by atoms with Crippen LogP contribution in [0.1, 0.15) is 0 Å².